The Bertz CT molecular complexity index is 761. The van der Waals surface area contributed by atoms with Gasteiger partial charge in [0.05, 0.1) is 16.4 Å². The Kier molecular flexibility index (Phi) is 2.97. The minimum absolute atomic E-state index is 0.953. The maximum atomic E-state index is 5.16. The third-order valence-corrected chi connectivity index (χ3v) is 3.84. The van der Waals surface area contributed by atoms with E-state index in [1.54, 1.807) is 17.6 Å². The van der Waals surface area contributed by atoms with Crippen molar-refractivity contribution in [2.75, 3.05) is 0 Å². The number of nitrogens with two attached hydrogens (primary N) is 1. The van der Waals surface area contributed by atoms with E-state index in [0.717, 1.165) is 31.9 Å². The van der Waals surface area contributed by atoms with Crippen LogP contribution in [0.25, 0.3) is 20.8 Å². The van der Waals surface area contributed by atoms with Crippen molar-refractivity contribution in [3.8, 4) is 10.6 Å². The maximum Gasteiger partial charge on any atom is 0.126 e. The smallest absolute Gasteiger partial charge is 0.126 e. The minimum Gasteiger partial charge on any atom is -0.323 e. The van der Waals surface area contributed by atoms with Crippen molar-refractivity contribution < 1.29 is 0 Å². The summed E-state index contributed by atoms with van der Waals surface area (Å²) in [5.41, 5.74) is 4.09. The van der Waals surface area contributed by atoms with Crippen LogP contribution in [0.3, 0.4) is 0 Å². The van der Waals surface area contributed by atoms with Crippen LogP contribution in [0.5, 0.6) is 0 Å². The highest BCUT2D eigenvalue weighted by atomic mass is 32.1. The van der Waals surface area contributed by atoms with Gasteiger partial charge in [-0.3, -0.25) is 4.98 Å². The van der Waals surface area contributed by atoms with Crippen LogP contribution in [-0.2, 0) is 0 Å². The first-order chi connectivity index (χ1) is 9.26. The fraction of sp³-hybridized carbons (Fsp3) is 0.0714. The quantitative estimate of drug-likeness (QED) is 0.441. The van der Waals surface area contributed by atoms with Gasteiger partial charge in [-0.1, -0.05) is 6.07 Å². The number of nitrogens with zero attached hydrogens (tertiary/aromatic N) is 3. The molecule has 94 valence electrons. The molecule has 0 saturated carbocycles. The van der Waals surface area contributed by atoms with E-state index < -0.39 is 0 Å². The molecule has 0 bridgehead atoms. The molecule has 0 radical (unpaired) electrons. The van der Waals surface area contributed by atoms with Gasteiger partial charge in [0.2, 0.25) is 0 Å². The minimum atomic E-state index is 0.953. The van der Waals surface area contributed by atoms with Crippen LogP contribution in [0.15, 0.2) is 41.8 Å². The highest BCUT2D eigenvalue weighted by Gasteiger charge is 2.07. The Balaban J connectivity index is 2.11. The second kappa shape index (κ2) is 4.78. The van der Waals surface area contributed by atoms with Gasteiger partial charge in [0.1, 0.15) is 5.01 Å². The normalized spacial score (nSPS) is 11.4. The van der Waals surface area contributed by atoms with Crippen LogP contribution in [0.2, 0.25) is 0 Å². The summed E-state index contributed by atoms with van der Waals surface area (Å²) >= 11 is 1.66. The molecule has 4 nitrogen and oxygen atoms in total. The number of aromatic nitrogens is 2. The summed E-state index contributed by atoms with van der Waals surface area (Å²) in [6.45, 7) is 2.03. The lowest BCUT2D eigenvalue weighted by molar-refractivity contribution is 1.26. The molecule has 0 saturated heterocycles. The summed E-state index contributed by atoms with van der Waals surface area (Å²) in [6.07, 6.45) is 5.30. The number of hydrogen-bond donors (Lipinski definition) is 1. The number of pyridine rings is 1. The average molecular weight is 268 g/mol. The van der Waals surface area contributed by atoms with Crippen LogP contribution in [0, 0.1) is 6.92 Å². The van der Waals surface area contributed by atoms with Crippen LogP contribution in [0.1, 0.15) is 11.1 Å². The molecule has 0 unspecified atom stereocenters. The van der Waals surface area contributed by atoms with Crippen molar-refractivity contribution in [2.45, 2.75) is 6.92 Å². The van der Waals surface area contributed by atoms with Crippen LogP contribution in [-0.4, -0.2) is 16.2 Å². The highest BCUT2D eigenvalue weighted by molar-refractivity contribution is 7.21. The number of fused-ring (bicyclic) bond motifs is 1. The fourth-order valence-corrected chi connectivity index (χ4v) is 2.83. The zero-order valence-electron chi connectivity index (χ0n) is 10.4. The van der Waals surface area contributed by atoms with Crippen LogP contribution in [0.4, 0.5) is 0 Å². The van der Waals surface area contributed by atoms with E-state index in [0.29, 0.717) is 0 Å². The van der Waals surface area contributed by atoms with Gasteiger partial charge in [0.15, 0.2) is 0 Å². The molecule has 0 aliphatic rings. The zero-order valence-corrected chi connectivity index (χ0v) is 11.2. The van der Waals surface area contributed by atoms with Crippen molar-refractivity contribution in [2.24, 2.45) is 10.9 Å². The molecule has 3 rings (SSSR count). The SMILES string of the molecule is Cc1cncc(-c2nc3cc(C=NN)ccc3s2)c1. The molecule has 5 heteroatoms. The Morgan fingerprint density at radius 2 is 2.16 bits per heavy atom. The van der Waals surface area contributed by atoms with Gasteiger partial charge < -0.3 is 5.84 Å². The third kappa shape index (κ3) is 2.32. The topological polar surface area (TPSA) is 64.2 Å². The van der Waals surface area contributed by atoms with E-state index in [1.807, 2.05) is 37.5 Å². The average Bonchev–Trinajstić information content (AvgIpc) is 2.82. The Labute approximate surface area is 114 Å². The summed E-state index contributed by atoms with van der Waals surface area (Å²) in [7, 11) is 0. The molecule has 0 fully saturated rings. The molecular weight excluding hydrogens is 256 g/mol. The first-order valence-electron chi connectivity index (χ1n) is 5.82. The summed E-state index contributed by atoms with van der Waals surface area (Å²) in [6, 6.07) is 8.09. The number of benzene rings is 1. The fourth-order valence-electron chi connectivity index (χ4n) is 1.91. The van der Waals surface area contributed by atoms with Crippen LogP contribution >= 0.6 is 11.3 Å². The Hall–Kier alpha value is -2.27. The van der Waals surface area contributed by atoms with Gasteiger partial charge in [-0.05, 0) is 36.2 Å². The lowest BCUT2D eigenvalue weighted by Gasteiger charge is -1.95. The van der Waals surface area contributed by atoms with Gasteiger partial charge in [-0.25, -0.2) is 4.98 Å². The largest absolute Gasteiger partial charge is 0.323 e. The zero-order chi connectivity index (χ0) is 13.2. The van der Waals surface area contributed by atoms with Gasteiger partial charge >= 0.3 is 0 Å². The number of rotatable bonds is 2. The van der Waals surface area contributed by atoms with Crippen molar-refractivity contribution in [1.29, 1.82) is 0 Å². The lowest BCUT2D eigenvalue weighted by Crippen LogP contribution is -1.85. The maximum absolute atomic E-state index is 5.16. The predicted octanol–water partition coefficient (Wildman–Crippen LogP) is 2.96. The van der Waals surface area contributed by atoms with Crippen molar-refractivity contribution >= 4 is 27.8 Å². The summed E-state index contributed by atoms with van der Waals surface area (Å²) in [5, 5.41) is 4.51. The monoisotopic (exact) mass is 268 g/mol. The van der Waals surface area contributed by atoms with E-state index in [1.165, 1.54) is 0 Å². The molecule has 2 N–H and O–H groups in total. The van der Waals surface area contributed by atoms with Crippen LogP contribution < -0.4 is 5.84 Å². The van der Waals surface area contributed by atoms with Gasteiger partial charge in [0.25, 0.3) is 0 Å². The number of aryl methyl sites for hydroxylation is 1. The molecule has 0 aliphatic carbocycles. The first-order valence-corrected chi connectivity index (χ1v) is 6.64. The molecule has 0 aliphatic heterocycles. The van der Waals surface area contributed by atoms with Crippen molar-refractivity contribution in [3.05, 3.63) is 47.8 Å². The number of hydrogen-bond acceptors (Lipinski definition) is 5. The van der Waals surface area contributed by atoms with E-state index in [9.17, 15) is 0 Å². The molecule has 0 atom stereocenters. The van der Waals surface area contributed by atoms with E-state index in [4.69, 9.17) is 5.84 Å². The molecule has 0 amide bonds. The lowest BCUT2D eigenvalue weighted by atomic mass is 10.2. The second-order valence-electron chi connectivity index (χ2n) is 4.28. The summed E-state index contributed by atoms with van der Waals surface area (Å²) in [4.78, 5) is 8.85. The van der Waals surface area contributed by atoms with E-state index in [2.05, 4.69) is 21.1 Å². The molecule has 0 spiro atoms. The third-order valence-electron chi connectivity index (χ3n) is 2.76. The summed E-state index contributed by atoms with van der Waals surface area (Å²) < 4.78 is 1.14. The molecule has 3 aromatic rings. The summed E-state index contributed by atoms with van der Waals surface area (Å²) in [5.74, 6) is 5.16. The molecule has 2 aromatic heterocycles. The van der Waals surface area contributed by atoms with E-state index >= 15 is 0 Å². The number of hydrazone groups is 1. The standard InChI is InChI=1S/C14H12N4S/c1-9-4-11(8-16-6-9)14-18-12-5-10(7-17-15)2-3-13(12)19-14/h2-8H,15H2,1H3. The first kappa shape index (κ1) is 11.8. The molecule has 2 heterocycles. The Morgan fingerprint density at radius 1 is 1.26 bits per heavy atom. The molecule has 1 aromatic carbocycles. The Morgan fingerprint density at radius 3 is 2.95 bits per heavy atom. The van der Waals surface area contributed by atoms with Crippen molar-refractivity contribution in [1.82, 2.24) is 9.97 Å². The molecular formula is C14H12N4S. The van der Waals surface area contributed by atoms with E-state index in [-0.39, 0.29) is 0 Å². The second-order valence-corrected chi connectivity index (χ2v) is 5.31. The van der Waals surface area contributed by atoms with Gasteiger partial charge in [-0.2, -0.15) is 5.10 Å². The van der Waals surface area contributed by atoms with Gasteiger partial charge in [-0.15, -0.1) is 11.3 Å². The predicted molar refractivity (Wildman–Crippen MR) is 79.4 cm³/mol. The van der Waals surface area contributed by atoms with Crippen molar-refractivity contribution in [3.63, 3.8) is 0 Å². The number of thiazole rings is 1. The molecule has 19 heavy (non-hydrogen) atoms. The highest BCUT2D eigenvalue weighted by Crippen LogP contribution is 2.30. The van der Waals surface area contributed by atoms with Gasteiger partial charge in [0, 0.05) is 18.0 Å².